The van der Waals surface area contributed by atoms with Crippen LogP contribution in [-0.4, -0.2) is 22.9 Å². The van der Waals surface area contributed by atoms with E-state index < -0.39 is 11.7 Å². The van der Waals surface area contributed by atoms with Crippen LogP contribution in [0.15, 0.2) is 18.2 Å². The molecule has 0 aliphatic rings. The van der Waals surface area contributed by atoms with E-state index in [1.807, 2.05) is 6.92 Å². The highest BCUT2D eigenvalue weighted by molar-refractivity contribution is 6.18. The Labute approximate surface area is 98.2 Å². The van der Waals surface area contributed by atoms with Crippen molar-refractivity contribution < 1.29 is 14.3 Å². The molecule has 0 saturated carbocycles. The first-order valence-electron chi connectivity index (χ1n) is 4.93. The first-order chi connectivity index (χ1) is 7.58. The summed E-state index contributed by atoms with van der Waals surface area (Å²) in [5, 5.41) is 12.0. The number of amides is 1. The van der Waals surface area contributed by atoms with Crippen LogP contribution in [0.5, 0.6) is 5.75 Å². The molecule has 0 radical (unpaired) electrons. The zero-order chi connectivity index (χ0) is 12.1. The number of nitrogens with one attached hydrogen (secondary N) is 1. The highest BCUT2D eigenvalue weighted by atomic mass is 35.5. The molecule has 1 atom stereocenters. The van der Waals surface area contributed by atoms with Gasteiger partial charge < -0.3 is 10.4 Å². The Hall–Kier alpha value is -1.29. The van der Waals surface area contributed by atoms with Crippen molar-refractivity contribution in [3.05, 3.63) is 29.6 Å². The molecule has 1 aromatic rings. The topological polar surface area (TPSA) is 49.3 Å². The van der Waals surface area contributed by atoms with Crippen molar-refractivity contribution in [3.63, 3.8) is 0 Å². The molecule has 0 fully saturated rings. The lowest BCUT2D eigenvalue weighted by Gasteiger charge is -2.14. The van der Waals surface area contributed by atoms with Gasteiger partial charge in [-0.15, -0.1) is 11.6 Å². The fourth-order valence-electron chi connectivity index (χ4n) is 1.21. The third-order valence-corrected chi connectivity index (χ3v) is 2.59. The number of phenols is 1. The van der Waals surface area contributed by atoms with Gasteiger partial charge in [0.25, 0.3) is 5.91 Å². The monoisotopic (exact) mass is 245 g/mol. The van der Waals surface area contributed by atoms with Crippen LogP contribution in [0.2, 0.25) is 0 Å². The lowest BCUT2D eigenvalue weighted by Crippen LogP contribution is -2.35. The molecule has 88 valence electrons. The smallest absolute Gasteiger partial charge is 0.255 e. The van der Waals surface area contributed by atoms with Crippen molar-refractivity contribution in [1.82, 2.24) is 5.32 Å². The molecule has 5 heteroatoms. The second kappa shape index (κ2) is 5.70. The van der Waals surface area contributed by atoms with Crippen LogP contribution in [-0.2, 0) is 0 Å². The van der Waals surface area contributed by atoms with E-state index in [0.29, 0.717) is 12.3 Å². The minimum atomic E-state index is -0.585. The van der Waals surface area contributed by atoms with E-state index >= 15 is 0 Å². The minimum Gasteiger partial charge on any atom is -0.507 e. The first-order valence-corrected chi connectivity index (χ1v) is 5.47. The van der Waals surface area contributed by atoms with Gasteiger partial charge in [-0.3, -0.25) is 4.79 Å². The van der Waals surface area contributed by atoms with Gasteiger partial charge in [0.05, 0.1) is 5.56 Å². The first kappa shape index (κ1) is 12.8. The molecule has 2 N–H and O–H groups in total. The molecule has 0 spiro atoms. The predicted molar refractivity (Wildman–Crippen MR) is 60.3 cm³/mol. The number of hydrogen-bond donors (Lipinski definition) is 2. The molecule has 1 amide bonds. The zero-order valence-corrected chi connectivity index (χ0v) is 9.59. The molecule has 0 aliphatic heterocycles. The highest BCUT2D eigenvalue weighted by Gasteiger charge is 2.14. The second-order valence-electron chi connectivity index (χ2n) is 3.39. The van der Waals surface area contributed by atoms with E-state index in [-0.39, 0.29) is 17.4 Å². The van der Waals surface area contributed by atoms with Crippen molar-refractivity contribution in [2.24, 2.45) is 0 Å². The highest BCUT2D eigenvalue weighted by Crippen LogP contribution is 2.18. The number of carbonyl (C=O) groups is 1. The Morgan fingerprint density at radius 2 is 2.31 bits per heavy atom. The van der Waals surface area contributed by atoms with Crippen molar-refractivity contribution in [2.45, 2.75) is 19.4 Å². The van der Waals surface area contributed by atoms with Gasteiger partial charge in [0, 0.05) is 18.0 Å². The van der Waals surface area contributed by atoms with Crippen molar-refractivity contribution in [1.29, 1.82) is 0 Å². The number of halogens is 2. The summed E-state index contributed by atoms with van der Waals surface area (Å²) in [6, 6.07) is 3.10. The van der Waals surface area contributed by atoms with Gasteiger partial charge in [-0.05, 0) is 18.6 Å². The Morgan fingerprint density at radius 3 is 2.81 bits per heavy atom. The SMILES string of the molecule is CCC(CCl)NC(=O)c1ccc(F)cc1O. The fraction of sp³-hybridized carbons (Fsp3) is 0.364. The molecule has 1 rings (SSSR count). The summed E-state index contributed by atoms with van der Waals surface area (Å²) >= 11 is 5.63. The van der Waals surface area contributed by atoms with E-state index in [1.165, 1.54) is 6.07 Å². The number of rotatable bonds is 4. The van der Waals surface area contributed by atoms with Crippen molar-refractivity contribution in [2.75, 3.05) is 5.88 Å². The number of alkyl halides is 1. The molecule has 0 bridgehead atoms. The molecule has 3 nitrogen and oxygen atoms in total. The number of phenolic OH excluding ortho intramolecular Hbond substituents is 1. The molecule has 0 aromatic heterocycles. The third-order valence-electron chi connectivity index (χ3n) is 2.22. The summed E-state index contributed by atoms with van der Waals surface area (Å²) in [5.41, 5.74) is 0.0463. The Bertz CT molecular complexity index is 380. The predicted octanol–water partition coefficient (Wildman–Crippen LogP) is 2.28. The van der Waals surface area contributed by atoms with E-state index in [4.69, 9.17) is 11.6 Å². The number of aromatic hydroxyl groups is 1. The number of hydrogen-bond acceptors (Lipinski definition) is 2. The van der Waals surface area contributed by atoms with Gasteiger partial charge in [-0.25, -0.2) is 4.39 Å². The lowest BCUT2D eigenvalue weighted by atomic mass is 10.1. The van der Waals surface area contributed by atoms with Gasteiger partial charge in [0.2, 0.25) is 0 Å². The van der Waals surface area contributed by atoms with Gasteiger partial charge >= 0.3 is 0 Å². The van der Waals surface area contributed by atoms with Crippen LogP contribution in [0.1, 0.15) is 23.7 Å². The van der Waals surface area contributed by atoms with Crippen LogP contribution >= 0.6 is 11.6 Å². The second-order valence-corrected chi connectivity index (χ2v) is 3.70. The van der Waals surface area contributed by atoms with Gasteiger partial charge in [0.15, 0.2) is 0 Å². The quantitative estimate of drug-likeness (QED) is 0.800. The van der Waals surface area contributed by atoms with Gasteiger partial charge in [-0.1, -0.05) is 6.92 Å². The Balaban J connectivity index is 2.80. The van der Waals surface area contributed by atoms with E-state index in [2.05, 4.69) is 5.32 Å². The summed E-state index contributed by atoms with van der Waals surface area (Å²) in [6.07, 6.45) is 0.692. The lowest BCUT2D eigenvalue weighted by molar-refractivity contribution is 0.0937. The molecular formula is C11H13ClFNO2. The number of carbonyl (C=O) groups excluding carboxylic acids is 1. The maximum Gasteiger partial charge on any atom is 0.255 e. The zero-order valence-electron chi connectivity index (χ0n) is 8.84. The molecule has 1 unspecified atom stereocenters. The van der Waals surface area contributed by atoms with E-state index in [9.17, 15) is 14.3 Å². The Kier molecular flexibility index (Phi) is 4.55. The largest absolute Gasteiger partial charge is 0.507 e. The van der Waals surface area contributed by atoms with E-state index in [1.54, 1.807) is 0 Å². The minimum absolute atomic E-state index is 0.0463. The summed E-state index contributed by atoms with van der Waals surface area (Å²) in [7, 11) is 0. The maximum absolute atomic E-state index is 12.7. The Morgan fingerprint density at radius 1 is 1.62 bits per heavy atom. The van der Waals surface area contributed by atoms with Gasteiger partial charge in [0.1, 0.15) is 11.6 Å². The fourth-order valence-corrected chi connectivity index (χ4v) is 1.51. The summed E-state index contributed by atoms with van der Waals surface area (Å²) in [6.45, 7) is 1.89. The summed E-state index contributed by atoms with van der Waals surface area (Å²) < 4.78 is 12.7. The third kappa shape index (κ3) is 3.10. The van der Waals surface area contributed by atoms with Crippen LogP contribution in [0.25, 0.3) is 0 Å². The average Bonchev–Trinajstić information content (AvgIpc) is 2.25. The maximum atomic E-state index is 12.7. The summed E-state index contributed by atoms with van der Waals surface area (Å²) in [4.78, 5) is 11.7. The average molecular weight is 246 g/mol. The van der Waals surface area contributed by atoms with Gasteiger partial charge in [-0.2, -0.15) is 0 Å². The molecule has 16 heavy (non-hydrogen) atoms. The van der Waals surface area contributed by atoms with Crippen LogP contribution in [0.3, 0.4) is 0 Å². The molecular weight excluding hydrogens is 233 g/mol. The van der Waals surface area contributed by atoms with Crippen LogP contribution in [0.4, 0.5) is 4.39 Å². The van der Waals surface area contributed by atoms with Crippen molar-refractivity contribution >= 4 is 17.5 Å². The van der Waals surface area contributed by atoms with Crippen molar-refractivity contribution in [3.8, 4) is 5.75 Å². The van der Waals surface area contributed by atoms with E-state index in [0.717, 1.165) is 12.1 Å². The molecule has 1 aromatic carbocycles. The normalized spacial score (nSPS) is 12.2. The molecule has 0 heterocycles. The standard InChI is InChI=1S/C11H13ClFNO2/c1-2-8(6-12)14-11(16)9-4-3-7(13)5-10(9)15/h3-5,8,15H,2,6H2,1H3,(H,14,16). The van der Waals surface area contributed by atoms with Crippen LogP contribution < -0.4 is 5.32 Å². The molecule has 0 saturated heterocycles. The molecule has 0 aliphatic carbocycles. The number of benzene rings is 1. The summed E-state index contributed by atoms with van der Waals surface area (Å²) in [5.74, 6) is -1.12. The van der Waals surface area contributed by atoms with Crippen LogP contribution in [0, 0.1) is 5.82 Å².